The molecule has 2 aromatic rings. The number of rotatable bonds is 3. The molecule has 1 aromatic heterocycles. The maximum atomic E-state index is 11.4. The number of halogens is 2. The minimum absolute atomic E-state index is 0.0129. The van der Waals surface area contributed by atoms with Crippen molar-refractivity contribution in [3.63, 3.8) is 0 Å². The lowest BCUT2D eigenvalue weighted by atomic mass is 10.1. The molecule has 3 N–H and O–H groups in total. The van der Waals surface area contributed by atoms with E-state index in [1.54, 1.807) is 4.98 Å². The summed E-state index contributed by atoms with van der Waals surface area (Å²) in [6.45, 7) is 0. The summed E-state index contributed by atoms with van der Waals surface area (Å²) in [6.07, 6.45) is 2.32. The van der Waals surface area contributed by atoms with Crippen LogP contribution in [0, 0.1) is 10.1 Å². The molecule has 0 aliphatic heterocycles. The van der Waals surface area contributed by atoms with Gasteiger partial charge in [-0.05, 0) is 24.3 Å². The first-order chi connectivity index (χ1) is 10.3. The first kappa shape index (κ1) is 15.8. The molecule has 22 heavy (non-hydrogen) atoms. The van der Waals surface area contributed by atoms with Gasteiger partial charge in [0, 0.05) is 10.6 Å². The van der Waals surface area contributed by atoms with Gasteiger partial charge in [-0.2, -0.15) is 0 Å². The molecule has 0 amide bonds. The number of phenols is 1. The quantitative estimate of drug-likeness (QED) is 0.580. The van der Waals surface area contributed by atoms with Crippen LogP contribution in [-0.4, -0.2) is 20.0 Å². The Morgan fingerprint density at radius 3 is 2.50 bits per heavy atom. The Hall–Kier alpha value is -2.58. The van der Waals surface area contributed by atoms with E-state index in [-0.39, 0.29) is 27.1 Å². The smallest absolute Gasteiger partial charge is 0.357 e. The molecule has 0 unspecified atom stereocenters. The molecule has 1 heterocycles. The van der Waals surface area contributed by atoms with E-state index in [9.17, 15) is 24.8 Å². The Labute approximate surface area is 131 Å². The molecule has 10 heteroatoms. The van der Waals surface area contributed by atoms with Gasteiger partial charge in [0.1, 0.15) is 11.4 Å². The first-order valence-electron chi connectivity index (χ1n) is 5.66. The van der Waals surface area contributed by atoms with Gasteiger partial charge in [0.2, 0.25) is 0 Å². The van der Waals surface area contributed by atoms with Gasteiger partial charge < -0.3 is 10.1 Å². The van der Waals surface area contributed by atoms with Crippen molar-refractivity contribution >= 4 is 41.0 Å². The molecule has 2 rings (SSSR count). The Bertz CT molecular complexity index is 901. The minimum Gasteiger partial charge on any atom is -0.506 e. The number of nitro groups is 1. The molecule has 0 radical (unpaired) electrons. The summed E-state index contributed by atoms with van der Waals surface area (Å²) in [4.78, 5) is 36.5. The Morgan fingerprint density at radius 1 is 1.18 bits per heavy atom. The lowest BCUT2D eigenvalue weighted by Gasteiger charge is -2.02. The fourth-order valence-corrected chi connectivity index (χ4v) is 2.19. The first-order valence-corrected chi connectivity index (χ1v) is 6.42. The van der Waals surface area contributed by atoms with Crippen molar-refractivity contribution in [2.45, 2.75) is 0 Å². The highest BCUT2D eigenvalue weighted by atomic mass is 35.5. The van der Waals surface area contributed by atoms with E-state index < -0.39 is 21.9 Å². The topological polar surface area (TPSA) is 129 Å². The van der Waals surface area contributed by atoms with Gasteiger partial charge in [-0.25, -0.2) is 4.79 Å². The molecule has 0 spiro atoms. The second-order valence-electron chi connectivity index (χ2n) is 4.09. The SMILES string of the molecule is O=c1[nH]c(C=Cc2cc(Cl)cc(Cl)c2O)c([N+](=O)[O-])c(=O)[nH]1. The number of phenolic OH excluding ortho intramolecular Hbond substituents is 1. The third kappa shape index (κ3) is 3.18. The van der Waals surface area contributed by atoms with Crippen LogP contribution in [0.15, 0.2) is 21.7 Å². The maximum Gasteiger partial charge on any atom is 0.357 e. The summed E-state index contributed by atoms with van der Waals surface area (Å²) < 4.78 is 0. The van der Waals surface area contributed by atoms with Gasteiger partial charge in [-0.15, -0.1) is 0 Å². The lowest BCUT2D eigenvalue weighted by Crippen LogP contribution is -2.25. The molecule has 8 nitrogen and oxygen atoms in total. The zero-order valence-electron chi connectivity index (χ0n) is 10.6. The van der Waals surface area contributed by atoms with Gasteiger partial charge in [0.15, 0.2) is 0 Å². The monoisotopic (exact) mass is 343 g/mol. The second kappa shape index (κ2) is 6.04. The third-order valence-corrected chi connectivity index (χ3v) is 3.12. The van der Waals surface area contributed by atoms with E-state index in [1.165, 1.54) is 18.2 Å². The minimum atomic E-state index is -1.14. The standard InChI is InChI=1S/C12H7Cl2N3O5/c13-6-3-5(10(18)7(14)4-6)1-2-8-9(17(21)22)11(19)16-12(20)15-8/h1-4,18H,(H2,15,16,19,20). The van der Waals surface area contributed by atoms with Crippen molar-refractivity contribution in [1.82, 2.24) is 9.97 Å². The van der Waals surface area contributed by atoms with Crippen LogP contribution >= 0.6 is 23.2 Å². The highest BCUT2D eigenvalue weighted by Crippen LogP contribution is 2.32. The van der Waals surface area contributed by atoms with Crippen LogP contribution in [0.1, 0.15) is 11.3 Å². The van der Waals surface area contributed by atoms with Crippen molar-refractivity contribution in [3.05, 3.63) is 64.4 Å². The number of hydrogen-bond acceptors (Lipinski definition) is 5. The van der Waals surface area contributed by atoms with Crippen LogP contribution in [0.3, 0.4) is 0 Å². The Kier molecular flexibility index (Phi) is 4.34. The van der Waals surface area contributed by atoms with Crippen molar-refractivity contribution in [1.29, 1.82) is 0 Å². The number of hydrogen-bond donors (Lipinski definition) is 3. The molecule has 0 aliphatic carbocycles. The predicted molar refractivity (Wildman–Crippen MR) is 81.4 cm³/mol. The second-order valence-corrected chi connectivity index (χ2v) is 4.93. The molecule has 1 aromatic carbocycles. The van der Waals surface area contributed by atoms with E-state index in [0.29, 0.717) is 0 Å². The van der Waals surface area contributed by atoms with Gasteiger partial charge in [-0.3, -0.25) is 19.9 Å². The molecule has 0 atom stereocenters. The predicted octanol–water partition coefficient (Wildman–Crippen LogP) is 2.15. The highest BCUT2D eigenvalue weighted by Gasteiger charge is 2.19. The van der Waals surface area contributed by atoms with E-state index >= 15 is 0 Å². The van der Waals surface area contributed by atoms with Gasteiger partial charge in [0.05, 0.1) is 9.95 Å². The Morgan fingerprint density at radius 2 is 1.86 bits per heavy atom. The average molecular weight is 344 g/mol. The number of benzene rings is 1. The molecule has 0 saturated heterocycles. The summed E-state index contributed by atoms with van der Waals surface area (Å²) in [5.41, 5.74) is -3.03. The number of nitrogens with zero attached hydrogens (tertiary/aromatic N) is 1. The summed E-state index contributed by atoms with van der Waals surface area (Å²) in [7, 11) is 0. The van der Waals surface area contributed by atoms with E-state index in [0.717, 1.165) is 6.08 Å². The van der Waals surface area contributed by atoms with Gasteiger partial charge in [-0.1, -0.05) is 23.2 Å². The number of nitrogens with one attached hydrogen (secondary N) is 2. The van der Waals surface area contributed by atoms with Crippen molar-refractivity contribution in [3.8, 4) is 5.75 Å². The van der Waals surface area contributed by atoms with E-state index in [4.69, 9.17) is 23.2 Å². The van der Waals surface area contributed by atoms with Crippen LogP contribution in [0.25, 0.3) is 12.2 Å². The van der Waals surface area contributed by atoms with Crippen LogP contribution in [0.2, 0.25) is 10.0 Å². The number of H-pyrrole nitrogens is 2. The largest absolute Gasteiger partial charge is 0.506 e. The van der Waals surface area contributed by atoms with Gasteiger partial charge >= 0.3 is 16.9 Å². The molecule has 0 aliphatic rings. The van der Waals surface area contributed by atoms with E-state index in [2.05, 4.69) is 4.98 Å². The zero-order valence-corrected chi connectivity index (χ0v) is 12.1. The number of aromatic nitrogens is 2. The molecule has 0 bridgehead atoms. The fraction of sp³-hybridized carbons (Fsp3) is 0. The normalized spacial score (nSPS) is 11.0. The van der Waals surface area contributed by atoms with Crippen LogP contribution in [0.4, 0.5) is 5.69 Å². The molecular formula is C12H7Cl2N3O5. The summed E-state index contributed by atoms with van der Waals surface area (Å²) >= 11 is 11.5. The molecule has 114 valence electrons. The summed E-state index contributed by atoms with van der Waals surface area (Å²) in [5.74, 6) is -0.294. The number of aromatic hydroxyl groups is 1. The van der Waals surface area contributed by atoms with Crippen LogP contribution in [-0.2, 0) is 0 Å². The Balaban J connectivity index is 2.59. The molecular weight excluding hydrogens is 337 g/mol. The highest BCUT2D eigenvalue weighted by molar-refractivity contribution is 6.35. The van der Waals surface area contributed by atoms with Crippen LogP contribution < -0.4 is 11.2 Å². The van der Waals surface area contributed by atoms with Crippen molar-refractivity contribution in [2.24, 2.45) is 0 Å². The van der Waals surface area contributed by atoms with Crippen LogP contribution in [0.5, 0.6) is 5.75 Å². The lowest BCUT2D eigenvalue weighted by molar-refractivity contribution is -0.386. The maximum absolute atomic E-state index is 11.4. The van der Waals surface area contributed by atoms with E-state index in [1.807, 2.05) is 0 Å². The molecule has 0 fully saturated rings. The third-order valence-electron chi connectivity index (χ3n) is 2.62. The molecule has 0 saturated carbocycles. The van der Waals surface area contributed by atoms with Crippen molar-refractivity contribution < 1.29 is 10.0 Å². The average Bonchev–Trinajstić information content (AvgIpc) is 2.39. The zero-order chi connectivity index (χ0) is 16.4. The number of aromatic amines is 2. The van der Waals surface area contributed by atoms with Gasteiger partial charge in [0.25, 0.3) is 0 Å². The summed E-state index contributed by atoms with van der Waals surface area (Å²) in [5, 5.41) is 20.9. The van der Waals surface area contributed by atoms with Crippen molar-refractivity contribution in [2.75, 3.05) is 0 Å². The summed E-state index contributed by atoms with van der Waals surface area (Å²) in [6, 6.07) is 2.67. The fourth-order valence-electron chi connectivity index (χ4n) is 1.69.